The fourth-order valence-corrected chi connectivity index (χ4v) is 3.20. The number of fused-ring (bicyclic) bond motifs is 2. The van der Waals surface area contributed by atoms with E-state index in [4.69, 9.17) is 19.3 Å². The van der Waals surface area contributed by atoms with E-state index in [1.807, 2.05) is 37.3 Å². The van der Waals surface area contributed by atoms with Crippen LogP contribution in [0, 0.1) is 6.92 Å². The molecule has 0 saturated heterocycles. The first-order chi connectivity index (χ1) is 14.6. The summed E-state index contributed by atoms with van der Waals surface area (Å²) in [5.74, 6) is 2.00. The van der Waals surface area contributed by atoms with E-state index in [-0.39, 0.29) is 13.0 Å². The van der Waals surface area contributed by atoms with Crippen molar-refractivity contribution in [1.29, 1.82) is 0 Å². The van der Waals surface area contributed by atoms with Gasteiger partial charge in [0, 0.05) is 36.1 Å². The largest absolute Gasteiger partial charge is 0.493 e. The number of ether oxygens (including phenoxy) is 3. The number of aliphatic hydroxyl groups excluding tert-OH is 2. The molecule has 30 heavy (non-hydrogen) atoms. The van der Waals surface area contributed by atoms with E-state index in [2.05, 4.69) is 9.97 Å². The Hall–Kier alpha value is -3.42. The van der Waals surface area contributed by atoms with Gasteiger partial charge in [-0.2, -0.15) is 0 Å². The molecule has 0 spiro atoms. The summed E-state index contributed by atoms with van der Waals surface area (Å²) in [4.78, 5) is 9.00. The van der Waals surface area contributed by atoms with Gasteiger partial charge >= 0.3 is 0 Å². The summed E-state index contributed by atoms with van der Waals surface area (Å²) in [7, 11) is 1.51. The van der Waals surface area contributed by atoms with Crippen LogP contribution < -0.4 is 14.2 Å². The number of hydrogen-bond donors (Lipinski definition) is 2. The minimum atomic E-state index is -1.15. The first-order valence-electron chi connectivity index (χ1n) is 9.55. The summed E-state index contributed by atoms with van der Waals surface area (Å²) in [6.07, 6.45) is 0.584. The summed E-state index contributed by atoms with van der Waals surface area (Å²) in [5, 5.41) is 20.6. The number of rotatable bonds is 7. The highest BCUT2D eigenvalue weighted by Gasteiger charge is 2.15. The molecule has 0 bridgehead atoms. The van der Waals surface area contributed by atoms with Crippen molar-refractivity contribution >= 4 is 21.8 Å². The van der Waals surface area contributed by atoms with Crippen molar-refractivity contribution in [2.24, 2.45) is 0 Å². The van der Waals surface area contributed by atoms with Gasteiger partial charge in [-0.15, -0.1) is 0 Å². The van der Waals surface area contributed by atoms with Gasteiger partial charge in [0.25, 0.3) is 0 Å². The molecule has 7 nitrogen and oxygen atoms in total. The number of methoxy groups -OCH3 is 1. The third-order valence-electron chi connectivity index (χ3n) is 4.71. The molecule has 0 fully saturated rings. The van der Waals surface area contributed by atoms with Crippen molar-refractivity contribution in [2.45, 2.75) is 19.6 Å². The Morgan fingerprint density at radius 3 is 2.60 bits per heavy atom. The molecule has 7 heteroatoms. The molecular weight excluding hydrogens is 384 g/mol. The van der Waals surface area contributed by atoms with E-state index in [1.165, 1.54) is 7.11 Å². The molecule has 0 radical (unpaired) electrons. The molecule has 0 aliphatic rings. The maximum Gasteiger partial charge on any atom is 0.199 e. The molecule has 0 aliphatic carbocycles. The Morgan fingerprint density at radius 2 is 1.80 bits per heavy atom. The molecule has 1 atom stereocenters. The molecule has 2 heterocycles. The maximum atomic E-state index is 9.87. The standard InChI is InChI=1S/C23H22N2O5/c1-14-20(11-15-5-3-4-6-17(15)25-14)29-19-7-9-24-18-13-22(30-23(27)8-10-26)21(28-2)12-16(18)19/h3-7,9,11-13,23,26-27H,8,10H2,1-2H3. The second kappa shape index (κ2) is 8.52. The van der Waals surface area contributed by atoms with Crippen LogP contribution in [0.4, 0.5) is 0 Å². The number of benzene rings is 2. The lowest BCUT2D eigenvalue weighted by atomic mass is 10.1. The average molecular weight is 406 g/mol. The van der Waals surface area contributed by atoms with Crippen LogP contribution >= 0.6 is 0 Å². The zero-order valence-electron chi connectivity index (χ0n) is 16.7. The number of nitrogens with zero attached hydrogens (tertiary/aromatic N) is 2. The van der Waals surface area contributed by atoms with Crippen LogP contribution in [0.25, 0.3) is 21.8 Å². The number of aliphatic hydroxyl groups is 2. The van der Waals surface area contributed by atoms with Gasteiger partial charge in [-0.25, -0.2) is 4.98 Å². The number of pyridine rings is 2. The zero-order chi connectivity index (χ0) is 21.1. The van der Waals surface area contributed by atoms with Crippen LogP contribution in [-0.2, 0) is 0 Å². The van der Waals surface area contributed by atoms with Crippen LogP contribution in [0.5, 0.6) is 23.0 Å². The summed E-state index contributed by atoms with van der Waals surface area (Å²) in [6.45, 7) is 1.71. The van der Waals surface area contributed by atoms with E-state index in [0.29, 0.717) is 28.5 Å². The molecule has 0 saturated carbocycles. The highest BCUT2D eigenvalue weighted by atomic mass is 16.6. The second-order valence-corrected chi connectivity index (χ2v) is 6.78. The van der Waals surface area contributed by atoms with Gasteiger partial charge in [-0.3, -0.25) is 4.98 Å². The van der Waals surface area contributed by atoms with Crippen LogP contribution in [0.3, 0.4) is 0 Å². The van der Waals surface area contributed by atoms with Crippen molar-refractivity contribution in [1.82, 2.24) is 9.97 Å². The highest BCUT2D eigenvalue weighted by Crippen LogP contribution is 2.38. The first kappa shape index (κ1) is 19.9. The maximum absolute atomic E-state index is 9.87. The van der Waals surface area contributed by atoms with Crippen molar-refractivity contribution < 1.29 is 24.4 Å². The number of aromatic nitrogens is 2. The fourth-order valence-electron chi connectivity index (χ4n) is 3.20. The minimum absolute atomic E-state index is 0.0893. The molecule has 0 amide bonds. The van der Waals surface area contributed by atoms with Crippen LogP contribution in [-0.4, -0.2) is 40.2 Å². The molecule has 0 aliphatic heterocycles. The Balaban J connectivity index is 1.74. The smallest absolute Gasteiger partial charge is 0.199 e. The molecule has 154 valence electrons. The quantitative estimate of drug-likeness (QED) is 0.449. The Kier molecular flexibility index (Phi) is 5.65. The van der Waals surface area contributed by atoms with E-state index >= 15 is 0 Å². The lowest BCUT2D eigenvalue weighted by molar-refractivity contribution is -0.0339. The Labute approximate surface area is 173 Å². The van der Waals surface area contributed by atoms with Gasteiger partial charge in [0.2, 0.25) is 0 Å². The molecule has 2 N–H and O–H groups in total. The van der Waals surface area contributed by atoms with Gasteiger partial charge in [0.15, 0.2) is 17.8 Å². The number of para-hydroxylation sites is 1. The summed E-state index contributed by atoms with van der Waals surface area (Å²) >= 11 is 0. The molecule has 4 aromatic rings. The molecular formula is C23H22N2O5. The van der Waals surface area contributed by atoms with E-state index in [0.717, 1.165) is 22.0 Å². The molecule has 2 aromatic carbocycles. The molecule has 2 aromatic heterocycles. The summed E-state index contributed by atoms with van der Waals surface area (Å²) < 4.78 is 17.1. The third-order valence-corrected chi connectivity index (χ3v) is 4.71. The second-order valence-electron chi connectivity index (χ2n) is 6.78. The molecule has 1 unspecified atom stereocenters. The van der Waals surface area contributed by atoms with Gasteiger partial charge in [-0.05, 0) is 31.2 Å². The number of aryl methyl sites for hydroxylation is 1. The van der Waals surface area contributed by atoms with Gasteiger partial charge in [0.05, 0.1) is 23.8 Å². The zero-order valence-corrected chi connectivity index (χ0v) is 16.7. The number of hydrogen-bond acceptors (Lipinski definition) is 7. The van der Waals surface area contributed by atoms with Crippen LogP contribution in [0.2, 0.25) is 0 Å². The predicted molar refractivity (Wildman–Crippen MR) is 113 cm³/mol. The fraction of sp³-hybridized carbons (Fsp3) is 0.217. The highest BCUT2D eigenvalue weighted by molar-refractivity contribution is 5.88. The van der Waals surface area contributed by atoms with Crippen molar-refractivity contribution in [3.63, 3.8) is 0 Å². The van der Waals surface area contributed by atoms with E-state index in [9.17, 15) is 5.11 Å². The SMILES string of the molecule is COc1cc2c(Oc3cc4ccccc4nc3C)ccnc2cc1OC(O)CCO. The topological polar surface area (TPSA) is 93.9 Å². The van der Waals surface area contributed by atoms with E-state index in [1.54, 1.807) is 24.4 Å². The predicted octanol–water partition coefficient (Wildman–Crippen LogP) is 3.97. The lowest BCUT2D eigenvalue weighted by Crippen LogP contribution is -2.17. The van der Waals surface area contributed by atoms with Crippen LogP contribution in [0.15, 0.2) is 54.7 Å². The Bertz CT molecular complexity index is 1200. The minimum Gasteiger partial charge on any atom is -0.493 e. The normalized spacial score (nSPS) is 12.1. The lowest BCUT2D eigenvalue weighted by Gasteiger charge is -2.17. The van der Waals surface area contributed by atoms with Crippen molar-refractivity contribution in [2.75, 3.05) is 13.7 Å². The third kappa shape index (κ3) is 3.98. The monoisotopic (exact) mass is 406 g/mol. The first-order valence-corrected chi connectivity index (χ1v) is 9.55. The van der Waals surface area contributed by atoms with Gasteiger partial charge < -0.3 is 24.4 Å². The van der Waals surface area contributed by atoms with Crippen LogP contribution in [0.1, 0.15) is 12.1 Å². The van der Waals surface area contributed by atoms with E-state index < -0.39 is 6.29 Å². The summed E-state index contributed by atoms with van der Waals surface area (Å²) in [5.41, 5.74) is 2.30. The van der Waals surface area contributed by atoms with Gasteiger partial charge in [-0.1, -0.05) is 18.2 Å². The molecule has 4 rings (SSSR count). The summed E-state index contributed by atoms with van der Waals surface area (Å²) in [6, 6.07) is 15.0. The van der Waals surface area contributed by atoms with Crippen molar-refractivity contribution in [3.8, 4) is 23.0 Å². The van der Waals surface area contributed by atoms with Crippen molar-refractivity contribution in [3.05, 3.63) is 60.4 Å². The Morgan fingerprint density at radius 1 is 0.967 bits per heavy atom. The van der Waals surface area contributed by atoms with Gasteiger partial charge in [0.1, 0.15) is 11.5 Å². The average Bonchev–Trinajstić information content (AvgIpc) is 2.74.